The first-order chi connectivity index (χ1) is 11.9. The second-order valence-corrected chi connectivity index (χ2v) is 6.57. The van der Waals surface area contributed by atoms with E-state index in [4.69, 9.17) is 0 Å². The van der Waals surface area contributed by atoms with Gasteiger partial charge in [-0.1, -0.05) is 29.8 Å². The molecule has 4 nitrogen and oxygen atoms in total. The summed E-state index contributed by atoms with van der Waals surface area (Å²) in [5.74, 6) is 0.920. The lowest BCUT2D eigenvalue weighted by molar-refractivity contribution is -0.143. The van der Waals surface area contributed by atoms with E-state index in [0.717, 1.165) is 18.5 Å². The third-order valence-electron chi connectivity index (χ3n) is 4.18. The maximum absolute atomic E-state index is 12.5. The van der Waals surface area contributed by atoms with Gasteiger partial charge in [-0.3, -0.25) is 4.90 Å². The topological polar surface area (TPSA) is 39.7 Å². The van der Waals surface area contributed by atoms with Crippen LogP contribution in [0, 0.1) is 12.8 Å². The van der Waals surface area contributed by atoms with E-state index < -0.39 is 12.7 Å². The lowest BCUT2D eigenvalue weighted by atomic mass is 10.1. The van der Waals surface area contributed by atoms with Crippen LogP contribution in [0.5, 0.6) is 0 Å². The Morgan fingerprint density at radius 2 is 2.12 bits per heavy atom. The Kier molecular flexibility index (Phi) is 7.11. The lowest BCUT2D eigenvalue weighted by Crippen LogP contribution is -2.40. The Morgan fingerprint density at radius 3 is 2.80 bits per heavy atom. The van der Waals surface area contributed by atoms with Crippen molar-refractivity contribution >= 4 is 5.96 Å². The molecule has 140 valence electrons. The van der Waals surface area contributed by atoms with Gasteiger partial charge in [-0.25, -0.2) is 4.99 Å². The molecule has 1 unspecified atom stereocenters. The van der Waals surface area contributed by atoms with Gasteiger partial charge >= 0.3 is 6.18 Å². The summed E-state index contributed by atoms with van der Waals surface area (Å²) in [6, 6.07) is 8.18. The maximum atomic E-state index is 12.5. The molecule has 1 atom stereocenters. The van der Waals surface area contributed by atoms with E-state index in [9.17, 15) is 13.2 Å². The minimum Gasteiger partial charge on any atom is -0.357 e. The van der Waals surface area contributed by atoms with Gasteiger partial charge in [0.15, 0.2) is 5.96 Å². The molecule has 1 heterocycles. The molecule has 25 heavy (non-hydrogen) atoms. The molecular formula is C18H27F3N4. The van der Waals surface area contributed by atoms with Gasteiger partial charge < -0.3 is 10.6 Å². The van der Waals surface area contributed by atoms with E-state index in [1.54, 1.807) is 0 Å². The van der Waals surface area contributed by atoms with Crippen LogP contribution < -0.4 is 10.6 Å². The van der Waals surface area contributed by atoms with Crippen LogP contribution in [0.3, 0.4) is 0 Å². The van der Waals surface area contributed by atoms with Gasteiger partial charge in [-0.15, -0.1) is 0 Å². The highest BCUT2D eigenvalue weighted by Crippen LogP contribution is 2.22. The smallest absolute Gasteiger partial charge is 0.357 e. The molecule has 0 aliphatic carbocycles. The third-order valence-corrected chi connectivity index (χ3v) is 4.18. The highest BCUT2D eigenvalue weighted by molar-refractivity contribution is 5.79. The second kappa shape index (κ2) is 9.08. The first-order valence-corrected chi connectivity index (χ1v) is 8.72. The van der Waals surface area contributed by atoms with Crippen molar-refractivity contribution in [3.8, 4) is 0 Å². The number of guanidine groups is 1. The molecule has 1 aliphatic rings. The number of aryl methyl sites for hydroxylation is 1. The molecule has 0 spiro atoms. The van der Waals surface area contributed by atoms with Crippen LogP contribution >= 0.6 is 0 Å². The predicted octanol–water partition coefficient (Wildman–Crippen LogP) is 2.93. The molecule has 1 aromatic rings. The molecule has 0 aromatic heterocycles. The molecule has 1 aromatic carbocycles. The zero-order valence-corrected chi connectivity index (χ0v) is 14.9. The van der Waals surface area contributed by atoms with Gasteiger partial charge in [0.2, 0.25) is 0 Å². The number of nitrogens with one attached hydrogen (secondary N) is 2. The molecule has 0 bridgehead atoms. The van der Waals surface area contributed by atoms with Crippen LogP contribution in [0.1, 0.15) is 24.5 Å². The molecular weight excluding hydrogens is 329 g/mol. The summed E-state index contributed by atoms with van der Waals surface area (Å²) in [6.07, 6.45) is -3.34. The summed E-state index contributed by atoms with van der Waals surface area (Å²) in [4.78, 5) is 6.04. The monoisotopic (exact) mass is 356 g/mol. The summed E-state index contributed by atoms with van der Waals surface area (Å²) in [7, 11) is 0. The van der Waals surface area contributed by atoms with Crippen molar-refractivity contribution in [2.24, 2.45) is 10.9 Å². The van der Waals surface area contributed by atoms with E-state index in [1.807, 2.05) is 32.0 Å². The average Bonchev–Trinajstić information content (AvgIpc) is 2.95. The van der Waals surface area contributed by atoms with E-state index in [2.05, 4.69) is 21.7 Å². The number of hydrogen-bond acceptors (Lipinski definition) is 2. The summed E-state index contributed by atoms with van der Waals surface area (Å²) in [5, 5.41) is 6.45. The zero-order valence-electron chi connectivity index (χ0n) is 14.9. The minimum absolute atomic E-state index is 0.213. The minimum atomic E-state index is -4.12. The SMILES string of the molecule is CCNC(=NCc1cccc(C)c1)NCC1CCN(CC(F)(F)F)C1. The average molecular weight is 356 g/mol. The second-order valence-electron chi connectivity index (χ2n) is 6.57. The quantitative estimate of drug-likeness (QED) is 0.608. The first-order valence-electron chi connectivity index (χ1n) is 8.72. The highest BCUT2D eigenvalue weighted by Gasteiger charge is 2.34. The largest absolute Gasteiger partial charge is 0.401 e. The molecule has 0 radical (unpaired) electrons. The van der Waals surface area contributed by atoms with Gasteiger partial charge in [-0.2, -0.15) is 13.2 Å². The first kappa shape index (κ1) is 19.6. The van der Waals surface area contributed by atoms with Gasteiger partial charge in [0.25, 0.3) is 0 Å². The molecule has 2 rings (SSSR count). The molecule has 7 heteroatoms. The number of hydrogen-bond donors (Lipinski definition) is 2. The Labute approximate surface area is 147 Å². The number of likely N-dealkylation sites (tertiary alicyclic amines) is 1. The fraction of sp³-hybridized carbons (Fsp3) is 0.611. The Balaban J connectivity index is 1.82. The van der Waals surface area contributed by atoms with E-state index in [0.29, 0.717) is 32.1 Å². The number of rotatable bonds is 6. The van der Waals surface area contributed by atoms with Crippen LogP contribution in [0.15, 0.2) is 29.3 Å². The number of nitrogens with zero attached hydrogens (tertiary/aromatic N) is 2. The van der Waals surface area contributed by atoms with Gasteiger partial charge in [0.05, 0.1) is 13.1 Å². The van der Waals surface area contributed by atoms with Gasteiger partial charge in [-0.05, 0) is 38.3 Å². The van der Waals surface area contributed by atoms with E-state index in [1.165, 1.54) is 10.5 Å². The van der Waals surface area contributed by atoms with Crippen molar-refractivity contribution in [2.45, 2.75) is 33.0 Å². The predicted molar refractivity (Wildman–Crippen MR) is 94.6 cm³/mol. The summed E-state index contributed by atoms with van der Waals surface area (Å²) in [6.45, 7) is 6.14. The molecule has 0 amide bonds. The number of benzene rings is 1. The van der Waals surface area contributed by atoms with E-state index in [-0.39, 0.29) is 5.92 Å². The number of halogens is 3. The van der Waals surface area contributed by atoms with E-state index >= 15 is 0 Å². The number of aliphatic imine (C=N–C) groups is 1. The van der Waals surface area contributed by atoms with Crippen LogP contribution in [0.4, 0.5) is 13.2 Å². The van der Waals surface area contributed by atoms with Gasteiger partial charge in [0, 0.05) is 19.6 Å². The van der Waals surface area contributed by atoms with Crippen molar-refractivity contribution in [2.75, 3.05) is 32.7 Å². The fourth-order valence-corrected chi connectivity index (χ4v) is 3.04. The molecule has 1 saturated heterocycles. The normalized spacial score (nSPS) is 19.2. The summed E-state index contributed by atoms with van der Waals surface area (Å²) >= 11 is 0. The Morgan fingerprint density at radius 1 is 1.32 bits per heavy atom. The van der Waals surface area contributed by atoms with Crippen LogP contribution in [0.25, 0.3) is 0 Å². The Hall–Kier alpha value is -1.76. The maximum Gasteiger partial charge on any atom is 0.401 e. The van der Waals surface area contributed by atoms with Crippen LogP contribution in [-0.4, -0.2) is 49.8 Å². The molecule has 0 saturated carbocycles. The lowest BCUT2D eigenvalue weighted by Gasteiger charge is -2.18. The van der Waals surface area contributed by atoms with Crippen molar-refractivity contribution in [3.63, 3.8) is 0 Å². The van der Waals surface area contributed by atoms with Crippen LogP contribution in [-0.2, 0) is 6.54 Å². The highest BCUT2D eigenvalue weighted by atomic mass is 19.4. The van der Waals surface area contributed by atoms with Crippen LogP contribution in [0.2, 0.25) is 0 Å². The van der Waals surface area contributed by atoms with Crippen molar-refractivity contribution in [3.05, 3.63) is 35.4 Å². The van der Waals surface area contributed by atoms with Gasteiger partial charge in [0.1, 0.15) is 0 Å². The zero-order chi connectivity index (χ0) is 18.3. The Bertz CT molecular complexity index is 572. The summed E-state index contributed by atoms with van der Waals surface area (Å²) < 4.78 is 37.4. The van der Waals surface area contributed by atoms with Crippen molar-refractivity contribution in [1.82, 2.24) is 15.5 Å². The standard InChI is InChI=1S/C18H27F3N4/c1-3-22-17(23-10-15-6-4-5-14(2)9-15)24-11-16-7-8-25(12-16)13-18(19,20)21/h4-6,9,16H,3,7-8,10-13H2,1-2H3,(H2,22,23,24). The molecule has 1 aliphatic heterocycles. The third kappa shape index (κ3) is 7.34. The molecule has 2 N–H and O–H groups in total. The van der Waals surface area contributed by atoms with Crippen molar-refractivity contribution < 1.29 is 13.2 Å². The fourth-order valence-electron chi connectivity index (χ4n) is 3.04. The summed E-state index contributed by atoms with van der Waals surface area (Å²) in [5.41, 5.74) is 2.33. The molecule has 1 fully saturated rings. The van der Waals surface area contributed by atoms with Crippen molar-refractivity contribution in [1.29, 1.82) is 0 Å². The number of alkyl halides is 3.